The maximum absolute atomic E-state index is 9.25. The maximum Gasteiger partial charge on any atom is 0.0743 e. The molecule has 0 aliphatic heterocycles. The van der Waals surface area contributed by atoms with Crippen LogP contribution in [0.4, 0.5) is 0 Å². The van der Waals surface area contributed by atoms with Crippen molar-refractivity contribution in [3.8, 4) is 6.07 Å². The highest BCUT2D eigenvalue weighted by molar-refractivity contribution is 7.98. The van der Waals surface area contributed by atoms with Crippen LogP contribution in [0.5, 0.6) is 0 Å². The van der Waals surface area contributed by atoms with E-state index in [1.165, 1.54) is 6.42 Å². The number of hydrogen-bond donors (Lipinski definition) is 0. The average Bonchev–Trinajstić information content (AvgIpc) is 2.41. The van der Waals surface area contributed by atoms with Crippen molar-refractivity contribution in [2.45, 2.75) is 25.0 Å². The second kappa shape index (κ2) is 5.63. The Morgan fingerprint density at radius 2 is 2.25 bits per heavy atom. The zero-order valence-corrected chi connectivity index (χ0v) is 12.7. The molecule has 1 saturated carbocycles. The van der Waals surface area contributed by atoms with Crippen molar-refractivity contribution >= 4 is 34.3 Å². The molecular weight excluding hydrogens is 288 g/mol. The molecular formula is C16H15ClN2S. The smallest absolute Gasteiger partial charge is 0.0743 e. The molecule has 0 radical (unpaired) electrons. The molecule has 2 nitrogen and oxygen atoms in total. The van der Waals surface area contributed by atoms with Crippen molar-refractivity contribution < 1.29 is 0 Å². The molecule has 2 aromatic rings. The van der Waals surface area contributed by atoms with Gasteiger partial charge in [-0.3, -0.25) is 4.98 Å². The Bertz CT molecular complexity index is 674. The van der Waals surface area contributed by atoms with Crippen LogP contribution in [-0.2, 0) is 5.75 Å². The van der Waals surface area contributed by atoms with Gasteiger partial charge in [-0.05, 0) is 36.6 Å². The third-order valence-electron chi connectivity index (χ3n) is 3.93. The van der Waals surface area contributed by atoms with E-state index < -0.39 is 0 Å². The highest BCUT2D eigenvalue weighted by Crippen LogP contribution is 2.43. The van der Waals surface area contributed by atoms with Crippen LogP contribution in [0.2, 0.25) is 5.02 Å². The van der Waals surface area contributed by atoms with E-state index in [9.17, 15) is 5.26 Å². The highest BCUT2D eigenvalue weighted by Gasteiger charge is 2.36. The van der Waals surface area contributed by atoms with Crippen LogP contribution in [0, 0.1) is 16.7 Å². The molecule has 4 heteroatoms. The van der Waals surface area contributed by atoms with E-state index in [1.54, 1.807) is 0 Å². The molecule has 1 aliphatic rings. The van der Waals surface area contributed by atoms with E-state index in [-0.39, 0.29) is 5.41 Å². The first-order valence-corrected chi connectivity index (χ1v) is 8.28. The Labute approximate surface area is 128 Å². The topological polar surface area (TPSA) is 36.7 Å². The summed E-state index contributed by atoms with van der Waals surface area (Å²) in [5.74, 6) is 1.77. The Kier molecular flexibility index (Phi) is 3.87. The van der Waals surface area contributed by atoms with Gasteiger partial charge in [0.2, 0.25) is 0 Å². The Balaban J connectivity index is 1.76. The quantitative estimate of drug-likeness (QED) is 0.813. The normalized spacial score (nSPS) is 16.6. The molecule has 0 bridgehead atoms. The molecule has 1 aromatic heterocycles. The van der Waals surface area contributed by atoms with E-state index in [2.05, 4.69) is 11.1 Å². The minimum atomic E-state index is -0.0769. The van der Waals surface area contributed by atoms with Gasteiger partial charge in [0.15, 0.2) is 0 Å². The Hall–Kier alpha value is -1.24. The molecule has 1 fully saturated rings. The summed E-state index contributed by atoms with van der Waals surface area (Å²) >= 11 is 7.99. The molecule has 20 heavy (non-hydrogen) atoms. The lowest BCUT2D eigenvalue weighted by molar-refractivity contribution is 0.252. The third kappa shape index (κ3) is 2.63. The first-order valence-electron chi connectivity index (χ1n) is 6.75. The Morgan fingerprint density at radius 1 is 1.40 bits per heavy atom. The van der Waals surface area contributed by atoms with Crippen LogP contribution in [0.25, 0.3) is 10.9 Å². The molecule has 1 aliphatic carbocycles. The van der Waals surface area contributed by atoms with E-state index in [0.717, 1.165) is 45.8 Å². The van der Waals surface area contributed by atoms with Gasteiger partial charge in [0, 0.05) is 28.1 Å². The van der Waals surface area contributed by atoms with Crippen molar-refractivity contribution in [1.29, 1.82) is 5.26 Å². The van der Waals surface area contributed by atoms with Gasteiger partial charge < -0.3 is 0 Å². The van der Waals surface area contributed by atoms with Crippen LogP contribution >= 0.6 is 23.4 Å². The predicted molar refractivity (Wildman–Crippen MR) is 84.8 cm³/mol. The summed E-state index contributed by atoms with van der Waals surface area (Å²) in [4.78, 5) is 4.45. The lowest BCUT2D eigenvalue weighted by Gasteiger charge is -2.34. The predicted octanol–water partition coefficient (Wildman–Crippen LogP) is 4.82. The number of fused-ring (bicyclic) bond motifs is 1. The molecule has 0 amide bonds. The lowest BCUT2D eigenvalue weighted by Crippen LogP contribution is -2.30. The summed E-state index contributed by atoms with van der Waals surface area (Å²) < 4.78 is 0. The number of pyridine rings is 1. The molecule has 0 atom stereocenters. The van der Waals surface area contributed by atoms with Crippen molar-refractivity contribution in [2.75, 3.05) is 5.75 Å². The number of thioether (sulfide) groups is 1. The summed E-state index contributed by atoms with van der Waals surface area (Å²) in [6.07, 6.45) is 5.10. The molecule has 0 unspecified atom stereocenters. The van der Waals surface area contributed by atoms with Gasteiger partial charge >= 0.3 is 0 Å². The fraction of sp³-hybridized carbons (Fsp3) is 0.375. The minimum absolute atomic E-state index is 0.0769. The van der Waals surface area contributed by atoms with Crippen molar-refractivity contribution in [1.82, 2.24) is 4.98 Å². The average molecular weight is 303 g/mol. The maximum atomic E-state index is 9.25. The lowest BCUT2D eigenvalue weighted by atomic mass is 9.72. The number of hydrogen-bond acceptors (Lipinski definition) is 3. The fourth-order valence-electron chi connectivity index (χ4n) is 2.59. The molecule has 0 saturated heterocycles. The number of aromatic nitrogens is 1. The summed E-state index contributed by atoms with van der Waals surface area (Å²) in [6, 6.07) is 10.4. The monoisotopic (exact) mass is 302 g/mol. The van der Waals surface area contributed by atoms with Crippen molar-refractivity contribution in [2.24, 2.45) is 5.41 Å². The van der Waals surface area contributed by atoms with E-state index >= 15 is 0 Å². The largest absolute Gasteiger partial charge is 0.256 e. The van der Waals surface area contributed by atoms with Crippen molar-refractivity contribution in [3.05, 3.63) is 41.0 Å². The molecule has 0 N–H and O–H groups in total. The zero-order chi connectivity index (χ0) is 14.0. The van der Waals surface area contributed by atoms with Gasteiger partial charge in [0.1, 0.15) is 0 Å². The molecule has 102 valence electrons. The number of nitriles is 1. The van der Waals surface area contributed by atoms with Gasteiger partial charge in [-0.15, -0.1) is 0 Å². The molecule has 3 rings (SSSR count). The van der Waals surface area contributed by atoms with Crippen LogP contribution in [0.3, 0.4) is 0 Å². The molecule has 1 heterocycles. The number of halogens is 1. The third-order valence-corrected chi connectivity index (χ3v) is 5.42. The summed E-state index contributed by atoms with van der Waals surface area (Å²) in [5, 5.41) is 11.1. The van der Waals surface area contributed by atoms with Gasteiger partial charge in [-0.1, -0.05) is 24.1 Å². The molecule has 0 spiro atoms. The summed E-state index contributed by atoms with van der Waals surface area (Å²) in [6.45, 7) is 0. The first kappa shape index (κ1) is 13.7. The van der Waals surface area contributed by atoms with Gasteiger partial charge in [-0.25, -0.2) is 0 Å². The zero-order valence-electron chi connectivity index (χ0n) is 11.1. The highest BCUT2D eigenvalue weighted by atomic mass is 35.5. The standard InChI is InChI=1S/C16H15ClN2S/c17-14-7-12-3-1-6-19-15(12)13(8-14)9-20-11-16(10-18)4-2-5-16/h1,3,6-8H,2,4-5,9,11H2. The van der Waals surface area contributed by atoms with Crippen LogP contribution in [0.1, 0.15) is 24.8 Å². The number of rotatable bonds is 4. The van der Waals surface area contributed by atoms with Gasteiger partial charge in [0.05, 0.1) is 17.0 Å². The van der Waals surface area contributed by atoms with E-state index in [4.69, 9.17) is 11.6 Å². The van der Waals surface area contributed by atoms with Crippen molar-refractivity contribution in [3.63, 3.8) is 0 Å². The minimum Gasteiger partial charge on any atom is -0.256 e. The van der Waals surface area contributed by atoms with Gasteiger partial charge in [-0.2, -0.15) is 17.0 Å². The van der Waals surface area contributed by atoms with E-state index in [1.807, 2.05) is 42.2 Å². The van der Waals surface area contributed by atoms with Crippen LogP contribution < -0.4 is 0 Å². The van der Waals surface area contributed by atoms with Crippen LogP contribution in [0.15, 0.2) is 30.5 Å². The summed E-state index contributed by atoms with van der Waals surface area (Å²) in [7, 11) is 0. The second-order valence-corrected chi connectivity index (χ2v) is 6.80. The summed E-state index contributed by atoms with van der Waals surface area (Å²) in [5.41, 5.74) is 2.10. The Morgan fingerprint density at radius 3 is 2.95 bits per heavy atom. The van der Waals surface area contributed by atoms with E-state index in [0.29, 0.717) is 0 Å². The van der Waals surface area contributed by atoms with Gasteiger partial charge in [0.25, 0.3) is 0 Å². The second-order valence-electron chi connectivity index (χ2n) is 5.38. The van der Waals surface area contributed by atoms with Crippen LogP contribution in [-0.4, -0.2) is 10.7 Å². The SMILES string of the molecule is N#CC1(CSCc2cc(Cl)cc3cccnc23)CCC1. The molecule has 1 aromatic carbocycles. The first-order chi connectivity index (χ1) is 9.72. The number of benzene rings is 1. The number of nitrogens with zero attached hydrogens (tertiary/aromatic N) is 2. The fourth-order valence-corrected chi connectivity index (χ4v) is 4.12.